The van der Waals surface area contributed by atoms with Gasteiger partial charge in [0.25, 0.3) is 0 Å². The average Bonchev–Trinajstić information content (AvgIpc) is 2.47. The van der Waals surface area contributed by atoms with Crippen molar-refractivity contribution in [3.63, 3.8) is 0 Å². The summed E-state index contributed by atoms with van der Waals surface area (Å²) in [5.74, 6) is 6.21. The maximum atomic E-state index is 5.87. The van der Waals surface area contributed by atoms with Crippen LogP contribution in [0.25, 0.3) is 22.3 Å². The molecule has 0 aliphatic carbocycles. The van der Waals surface area contributed by atoms with E-state index in [0.717, 1.165) is 27.7 Å². The van der Waals surface area contributed by atoms with E-state index in [2.05, 4.69) is 5.10 Å². The van der Waals surface area contributed by atoms with Gasteiger partial charge in [-0.25, -0.2) is 0 Å². The quantitative estimate of drug-likeness (QED) is 0.521. The number of nitrogens with two attached hydrogens (primary N) is 1. The number of benzene rings is 2. The zero-order valence-corrected chi connectivity index (χ0v) is 9.71. The molecule has 1 aromatic heterocycles. The van der Waals surface area contributed by atoms with Gasteiger partial charge in [0.05, 0.1) is 5.36 Å². The monoisotopic (exact) mass is 236 g/mol. The topological polar surface area (TPSA) is 51.5 Å². The van der Waals surface area contributed by atoms with Gasteiger partial charge in [-0.1, -0.05) is 42.5 Å². The molecule has 3 aromatic rings. The van der Waals surface area contributed by atoms with Gasteiger partial charge in [-0.2, -0.15) is 5.10 Å². The molecule has 0 saturated carbocycles. The molecule has 3 nitrogen and oxygen atoms in total. The van der Waals surface area contributed by atoms with Gasteiger partial charge < -0.3 is 10.3 Å². The van der Waals surface area contributed by atoms with E-state index in [1.807, 2.05) is 60.7 Å². The standard InChI is InChI=1S/C15H12N2O/c16-17-13-10-15(11-6-2-1-3-7-11)18-14-9-5-4-8-12(13)14/h1-10H,16H2. The molecule has 2 N–H and O–H groups in total. The zero-order chi connectivity index (χ0) is 12.4. The Kier molecular flexibility index (Phi) is 2.57. The summed E-state index contributed by atoms with van der Waals surface area (Å²) >= 11 is 0. The van der Waals surface area contributed by atoms with Crippen molar-refractivity contribution in [3.05, 3.63) is 66.0 Å². The lowest BCUT2D eigenvalue weighted by atomic mass is 10.1. The highest BCUT2D eigenvalue weighted by Crippen LogP contribution is 2.21. The average molecular weight is 236 g/mol. The third-order valence-corrected chi connectivity index (χ3v) is 2.85. The minimum absolute atomic E-state index is 0.732. The highest BCUT2D eigenvalue weighted by Gasteiger charge is 2.04. The van der Waals surface area contributed by atoms with Crippen LogP contribution in [0, 0.1) is 0 Å². The zero-order valence-electron chi connectivity index (χ0n) is 9.71. The van der Waals surface area contributed by atoms with Gasteiger partial charge in [-0.3, -0.25) is 0 Å². The molecule has 0 spiro atoms. The van der Waals surface area contributed by atoms with Crippen LogP contribution in [0.2, 0.25) is 0 Å². The van der Waals surface area contributed by atoms with Crippen LogP contribution in [0.3, 0.4) is 0 Å². The first-order valence-electron chi connectivity index (χ1n) is 5.71. The Balaban J connectivity index is 2.34. The van der Waals surface area contributed by atoms with Gasteiger partial charge in [0, 0.05) is 17.0 Å². The van der Waals surface area contributed by atoms with Crippen LogP contribution in [0.1, 0.15) is 0 Å². The predicted molar refractivity (Wildman–Crippen MR) is 71.4 cm³/mol. The summed E-state index contributed by atoms with van der Waals surface area (Å²) in [6.07, 6.45) is 0. The van der Waals surface area contributed by atoms with E-state index in [9.17, 15) is 0 Å². The Bertz CT molecular complexity index is 745. The van der Waals surface area contributed by atoms with Gasteiger partial charge in [0.1, 0.15) is 11.3 Å². The van der Waals surface area contributed by atoms with Crippen molar-refractivity contribution in [1.82, 2.24) is 0 Å². The van der Waals surface area contributed by atoms with Gasteiger partial charge in [0.15, 0.2) is 0 Å². The van der Waals surface area contributed by atoms with Gasteiger partial charge >= 0.3 is 0 Å². The first kappa shape index (κ1) is 10.6. The Morgan fingerprint density at radius 3 is 2.39 bits per heavy atom. The van der Waals surface area contributed by atoms with E-state index in [4.69, 9.17) is 10.3 Å². The molecule has 2 aromatic carbocycles. The van der Waals surface area contributed by atoms with Crippen molar-refractivity contribution in [2.24, 2.45) is 10.9 Å². The second kappa shape index (κ2) is 4.37. The van der Waals surface area contributed by atoms with Crippen LogP contribution < -0.4 is 11.2 Å². The van der Waals surface area contributed by atoms with Crippen LogP contribution in [-0.2, 0) is 0 Å². The van der Waals surface area contributed by atoms with E-state index in [1.54, 1.807) is 0 Å². The molecule has 1 heterocycles. The third kappa shape index (κ3) is 1.76. The lowest BCUT2D eigenvalue weighted by Gasteiger charge is -2.03. The fourth-order valence-electron chi connectivity index (χ4n) is 1.97. The molecule has 0 aliphatic heterocycles. The Labute approximate surface area is 104 Å². The van der Waals surface area contributed by atoms with Crippen LogP contribution in [0.15, 0.2) is 70.2 Å². The van der Waals surface area contributed by atoms with E-state index in [-0.39, 0.29) is 0 Å². The number of hydrogen-bond acceptors (Lipinski definition) is 3. The molecular formula is C15H12N2O. The van der Waals surface area contributed by atoms with Crippen LogP contribution >= 0.6 is 0 Å². The van der Waals surface area contributed by atoms with Gasteiger partial charge in [-0.15, -0.1) is 0 Å². The molecule has 0 fully saturated rings. The molecule has 0 radical (unpaired) electrons. The summed E-state index contributed by atoms with van der Waals surface area (Å²) in [6, 6.07) is 19.5. The maximum absolute atomic E-state index is 5.87. The predicted octanol–water partition coefficient (Wildman–Crippen LogP) is 2.87. The van der Waals surface area contributed by atoms with Crippen molar-refractivity contribution in [2.45, 2.75) is 0 Å². The number of para-hydroxylation sites is 1. The Morgan fingerprint density at radius 2 is 1.61 bits per heavy atom. The lowest BCUT2D eigenvalue weighted by Crippen LogP contribution is -2.06. The highest BCUT2D eigenvalue weighted by molar-refractivity contribution is 5.78. The molecule has 0 atom stereocenters. The maximum Gasteiger partial charge on any atom is 0.136 e. The molecule has 0 amide bonds. The summed E-state index contributed by atoms with van der Waals surface area (Å²) in [5, 5.41) is 5.47. The summed E-state index contributed by atoms with van der Waals surface area (Å²) in [6.45, 7) is 0. The van der Waals surface area contributed by atoms with E-state index in [0.29, 0.717) is 0 Å². The largest absolute Gasteiger partial charge is 0.456 e. The van der Waals surface area contributed by atoms with Crippen molar-refractivity contribution in [2.75, 3.05) is 0 Å². The first-order chi connectivity index (χ1) is 8.88. The molecule has 18 heavy (non-hydrogen) atoms. The van der Waals surface area contributed by atoms with Crippen molar-refractivity contribution in [1.29, 1.82) is 0 Å². The van der Waals surface area contributed by atoms with E-state index < -0.39 is 0 Å². The molecule has 0 unspecified atom stereocenters. The normalized spacial score (nSPS) is 11.9. The van der Waals surface area contributed by atoms with Crippen LogP contribution in [-0.4, -0.2) is 0 Å². The molecule has 3 rings (SSSR count). The fraction of sp³-hybridized carbons (Fsp3) is 0. The molecular weight excluding hydrogens is 224 g/mol. The van der Waals surface area contributed by atoms with E-state index >= 15 is 0 Å². The van der Waals surface area contributed by atoms with Crippen molar-refractivity contribution >= 4 is 11.0 Å². The van der Waals surface area contributed by atoms with Crippen LogP contribution in [0.5, 0.6) is 0 Å². The highest BCUT2D eigenvalue weighted by atomic mass is 16.3. The number of hydrogen-bond donors (Lipinski definition) is 1. The molecule has 0 aliphatic rings. The number of nitrogens with zero attached hydrogens (tertiary/aromatic N) is 1. The number of rotatable bonds is 1. The molecule has 0 bridgehead atoms. The summed E-state index contributed by atoms with van der Waals surface area (Å²) in [5.41, 5.74) is 1.79. The third-order valence-electron chi connectivity index (χ3n) is 2.85. The van der Waals surface area contributed by atoms with Gasteiger partial charge in [0.2, 0.25) is 0 Å². The first-order valence-corrected chi connectivity index (χ1v) is 5.71. The Morgan fingerprint density at radius 1 is 0.889 bits per heavy atom. The molecule has 0 saturated heterocycles. The second-order valence-electron chi connectivity index (χ2n) is 3.99. The minimum Gasteiger partial charge on any atom is -0.456 e. The van der Waals surface area contributed by atoms with Crippen LogP contribution in [0.4, 0.5) is 0 Å². The molecule has 88 valence electrons. The SMILES string of the molecule is NN=c1cc(-c2ccccc2)oc2ccccc12. The summed E-state index contributed by atoms with van der Waals surface area (Å²) < 4.78 is 5.87. The van der Waals surface area contributed by atoms with Gasteiger partial charge in [-0.05, 0) is 12.1 Å². The molecule has 3 heteroatoms. The minimum atomic E-state index is 0.732. The van der Waals surface area contributed by atoms with Crippen molar-refractivity contribution in [3.8, 4) is 11.3 Å². The fourth-order valence-corrected chi connectivity index (χ4v) is 1.97. The summed E-state index contributed by atoms with van der Waals surface area (Å²) in [7, 11) is 0. The number of fused-ring (bicyclic) bond motifs is 1. The summed E-state index contributed by atoms with van der Waals surface area (Å²) in [4.78, 5) is 0. The van der Waals surface area contributed by atoms with Crippen molar-refractivity contribution < 1.29 is 4.42 Å². The second-order valence-corrected chi connectivity index (χ2v) is 3.99. The van der Waals surface area contributed by atoms with E-state index in [1.165, 1.54) is 0 Å². The smallest absolute Gasteiger partial charge is 0.136 e. The Hall–Kier alpha value is -2.55. The lowest BCUT2D eigenvalue weighted by molar-refractivity contribution is 0.618.